The smallest absolute Gasteiger partial charge is 0.210 e. The number of nitrogens with zero attached hydrogens (tertiary/aromatic N) is 2. The molecular formula is C18H20N4OS. The van der Waals surface area contributed by atoms with Crippen LogP contribution in [0.1, 0.15) is 12.0 Å². The lowest BCUT2D eigenvalue weighted by Gasteiger charge is -2.19. The van der Waals surface area contributed by atoms with E-state index in [4.69, 9.17) is 22.7 Å². The van der Waals surface area contributed by atoms with E-state index in [-0.39, 0.29) is 0 Å². The van der Waals surface area contributed by atoms with Crippen LogP contribution in [0.4, 0.5) is 5.95 Å². The fraction of sp³-hybridized carbons (Fsp3) is 0.222. The number of rotatable bonds is 6. The highest BCUT2D eigenvalue weighted by Crippen LogP contribution is 2.18. The van der Waals surface area contributed by atoms with Crippen LogP contribution in [0, 0.1) is 0 Å². The molecule has 1 heterocycles. The first kappa shape index (κ1) is 16.3. The molecule has 3 rings (SSSR count). The summed E-state index contributed by atoms with van der Waals surface area (Å²) >= 11 is 5.19. The molecule has 6 heteroatoms. The van der Waals surface area contributed by atoms with Crippen LogP contribution in [0.15, 0.2) is 48.5 Å². The van der Waals surface area contributed by atoms with Gasteiger partial charge < -0.3 is 15.5 Å². The van der Waals surface area contributed by atoms with Crippen molar-refractivity contribution in [3.05, 3.63) is 54.1 Å². The number of H-pyrrole nitrogens is 1. The summed E-state index contributed by atoms with van der Waals surface area (Å²) in [5.74, 6) is 1.56. The molecular weight excluding hydrogens is 320 g/mol. The fourth-order valence-electron chi connectivity index (χ4n) is 2.62. The van der Waals surface area contributed by atoms with Crippen molar-refractivity contribution in [1.82, 2.24) is 9.97 Å². The van der Waals surface area contributed by atoms with E-state index in [0.717, 1.165) is 29.6 Å². The van der Waals surface area contributed by atoms with Crippen LogP contribution < -0.4 is 15.4 Å². The number of hydrogen-bond acceptors (Lipinski definition) is 3. The molecule has 2 aromatic carbocycles. The average Bonchev–Trinajstić information content (AvgIpc) is 3.02. The number of aryl methyl sites for hydroxylation is 1. The Morgan fingerprint density at radius 1 is 1.21 bits per heavy atom. The number of hydrogen-bond donors (Lipinski definition) is 2. The molecule has 0 bridgehead atoms. The van der Waals surface area contributed by atoms with Crippen LogP contribution in [0.2, 0.25) is 0 Å². The highest BCUT2D eigenvalue weighted by molar-refractivity contribution is 7.80. The number of aromatic amines is 1. The summed E-state index contributed by atoms with van der Waals surface area (Å²) in [5, 5.41) is 0.323. The predicted octanol–water partition coefficient (Wildman–Crippen LogP) is 3.25. The van der Waals surface area contributed by atoms with Crippen molar-refractivity contribution in [2.75, 3.05) is 18.6 Å². The first-order valence-electron chi connectivity index (χ1n) is 7.82. The number of ether oxygens (including phenoxy) is 1. The van der Waals surface area contributed by atoms with Gasteiger partial charge in [-0.25, -0.2) is 4.98 Å². The van der Waals surface area contributed by atoms with Crippen LogP contribution in [0.3, 0.4) is 0 Å². The second-order valence-electron chi connectivity index (χ2n) is 5.52. The lowest BCUT2D eigenvalue weighted by Crippen LogP contribution is -2.37. The van der Waals surface area contributed by atoms with Gasteiger partial charge in [0.05, 0.1) is 18.1 Å². The quantitative estimate of drug-likeness (QED) is 0.674. The second-order valence-corrected chi connectivity index (χ2v) is 5.94. The summed E-state index contributed by atoms with van der Waals surface area (Å²) in [5.41, 5.74) is 9.02. The zero-order chi connectivity index (χ0) is 16.9. The maximum atomic E-state index is 5.89. The summed E-state index contributed by atoms with van der Waals surface area (Å²) in [6.45, 7) is 0.710. The van der Waals surface area contributed by atoms with Gasteiger partial charge in [0, 0.05) is 6.54 Å². The molecule has 0 radical (unpaired) electrons. The van der Waals surface area contributed by atoms with E-state index in [1.807, 2.05) is 41.3 Å². The molecule has 0 amide bonds. The van der Waals surface area contributed by atoms with Crippen molar-refractivity contribution in [3.8, 4) is 5.75 Å². The van der Waals surface area contributed by atoms with Crippen LogP contribution in [-0.2, 0) is 6.42 Å². The van der Waals surface area contributed by atoms with Gasteiger partial charge in [0.2, 0.25) is 5.95 Å². The number of thiocarbonyl (C=S) groups is 1. The molecule has 124 valence electrons. The number of benzene rings is 2. The van der Waals surface area contributed by atoms with E-state index in [1.54, 1.807) is 7.11 Å². The molecule has 0 unspecified atom stereocenters. The molecule has 0 aliphatic carbocycles. The number of anilines is 1. The number of nitrogens with one attached hydrogen (secondary N) is 1. The lowest BCUT2D eigenvalue weighted by atomic mass is 10.1. The Hall–Kier alpha value is -2.60. The second kappa shape index (κ2) is 7.31. The van der Waals surface area contributed by atoms with Crippen LogP contribution in [-0.4, -0.2) is 28.7 Å². The molecule has 0 atom stereocenters. The molecule has 0 saturated heterocycles. The van der Waals surface area contributed by atoms with Gasteiger partial charge in [0.25, 0.3) is 0 Å². The lowest BCUT2D eigenvalue weighted by molar-refractivity contribution is 0.414. The molecule has 0 fully saturated rings. The van der Waals surface area contributed by atoms with Gasteiger partial charge in [-0.15, -0.1) is 0 Å². The third-order valence-corrected chi connectivity index (χ3v) is 4.13. The zero-order valence-electron chi connectivity index (χ0n) is 13.5. The van der Waals surface area contributed by atoms with Gasteiger partial charge in [0.1, 0.15) is 5.75 Å². The van der Waals surface area contributed by atoms with E-state index >= 15 is 0 Å². The fourth-order valence-corrected chi connectivity index (χ4v) is 2.80. The molecule has 5 nitrogen and oxygen atoms in total. The Morgan fingerprint density at radius 2 is 1.96 bits per heavy atom. The Kier molecular flexibility index (Phi) is 4.96. The minimum absolute atomic E-state index is 0.323. The number of para-hydroxylation sites is 2. The monoisotopic (exact) mass is 340 g/mol. The standard InChI is InChI=1S/C18H20N4OS/c1-23-14-10-8-13(9-11-14)5-4-12-22(17(19)24)18-20-15-6-2-3-7-16(15)21-18/h2-3,6-11H,4-5,12H2,1H3,(H2,19,24)(H,20,21). The zero-order valence-corrected chi connectivity index (χ0v) is 14.3. The summed E-state index contributed by atoms with van der Waals surface area (Å²) in [6.07, 6.45) is 1.85. The van der Waals surface area contributed by atoms with Gasteiger partial charge in [-0.2, -0.15) is 0 Å². The molecule has 3 aromatic rings. The van der Waals surface area contributed by atoms with E-state index in [2.05, 4.69) is 22.1 Å². The molecule has 0 aliphatic rings. The molecule has 24 heavy (non-hydrogen) atoms. The summed E-state index contributed by atoms with van der Waals surface area (Å²) in [7, 11) is 1.67. The third-order valence-electron chi connectivity index (χ3n) is 3.90. The van der Waals surface area contributed by atoms with E-state index in [9.17, 15) is 0 Å². The SMILES string of the molecule is COc1ccc(CCCN(C(N)=S)c2nc3ccccc3[nH]2)cc1. The first-order valence-corrected chi connectivity index (χ1v) is 8.23. The minimum Gasteiger partial charge on any atom is -0.497 e. The van der Waals surface area contributed by atoms with Gasteiger partial charge in [-0.1, -0.05) is 24.3 Å². The van der Waals surface area contributed by atoms with Crippen LogP contribution in [0.25, 0.3) is 11.0 Å². The number of imidazole rings is 1. The van der Waals surface area contributed by atoms with Crippen molar-refractivity contribution >= 4 is 34.3 Å². The molecule has 1 aromatic heterocycles. The highest BCUT2D eigenvalue weighted by atomic mass is 32.1. The van der Waals surface area contributed by atoms with Crippen molar-refractivity contribution in [1.29, 1.82) is 0 Å². The van der Waals surface area contributed by atoms with Gasteiger partial charge in [-0.05, 0) is 54.9 Å². The largest absolute Gasteiger partial charge is 0.497 e. The van der Waals surface area contributed by atoms with Gasteiger partial charge in [0.15, 0.2) is 5.11 Å². The maximum Gasteiger partial charge on any atom is 0.210 e. The minimum atomic E-state index is 0.323. The normalized spacial score (nSPS) is 10.7. The van der Waals surface area contributed by atoms with Crippen LogP contribution in [0.5, 0.6) is 5.75 Å². The van der Waals surface area contributed by atoms with Crippen molar-refractivity contribution in [3.63, 3.8) is 0 Å². The predicted molar refractivity (Wildman–Crippen MR) is 102 cm³/mol. The molecule has 3 N–H and O–H groups in total. The van der Waals surface area contributed by atoms with Crippen molar-refractivity contribution < 1.29 is 4.74 Å². The molecule has 0 saturated carbocycles. The first-order chi connectivity index (χ1) is 11.7. The van der Waals surface area contributed by atoms with E-state index < -0.39 is 0 Å². The maximum absolute atomic E-state index is 5.89. The van der Waals surface area contributed by atoms with Crippen LogP contribution >= 0.6 is 12.2 Å². The topological polar surface area (TPSA) is 67.2 Å². The Morgan fingerprint density at radius 3 is 2.62 bits per heavy atom. The number of nitrogens with two attached hydrogens (primary N) is 1. The number of fused-ring (bicyclic) bond motifs is 1. The summed E-state index contributed by atoms with van der Waals surface area (Å²) < 4.78 is 5.18. The van der Waals surface area contributed by atoms with Crippen molar-refractivity contribution in [2.45, 2.75) is 12.8 Å². The Balaban J connectivity index is 1.66. The molecule has 0 spiro atoms. The molecule has 0 aliphatic heterocycles. The summed E-state index contributed by atoms with van der Waals surface area (Å²) in [6, 6.07) is 16.0. The average molecular weight is 340 g/mol. The summed E-state index contributed by atoms with van der Waals surface area (Å²) in [4.78, 5) is 9.69. The Labute approximate surface area is 146 Å². The van der Waals surface area contributed by atoms with E-state index in [1.165, 1.54) is 5.56 Å². The van der Waals surface area contributed by atoms with E-state index in [0.29, 0.717) is 17.6 Å². The number of methoxy groups -OCH3 is 1. The third kappa shape index (κ3) is 3.65. The highest BCUT2D eigenvalue weighted by Gasteiger charge is 2.13. The Bertz CT molecular complexity index is 795. The number of aromatic nitrogens is 2. The van der Waals surface area contributed by atoms with Crippen molar-refractivity contribution in [2.24, 2.45) is 5.73 Å². The van der Waals surface area contributed by atoms with Gasteiger partial charge in [-0.3, -0.25) is 4.90 Å². The van der Waals surface area contributed by atoms with Gasteiger partial charge >= 0.3 is 0 Å².